The van der Waals surface area contributed by atoms with Gasteiger partial charge in [0, 0.05) is 11.4 Å². The third-order valence-electron chi connectivity index (χ3n) is 1.68. The average molecular weight is 205 g/mol. The van der Waals surface area contributed by atoms with E-state index >= 15 is 0 Å². The Kier molecular flexibility index (Phi) is 3.13. The van der Waals surface area contributed by atoms with Crippen LogP contribution in [0, 0.1) is 11.3 Å². The lowest BCUT2D eigenvalue weighted by molar-refractivity contribution is 0.0435. The van der Waals surface area contributed by atoms with Gasteiger partial charge in [-0.3, -0.25) is 0 Å². The highest BCUT2D eigenvalue weighted by Crippen LogP contribution is 2.14. The number of nitriles is 1. The Labute approximate surface area is 87.2 Å². The quantitative estimate of drug-likeness (QED) is 0.552. The molecule has 0 radical (unpaired) electrons. The summed E-state index contributed by atoms with van der Waals surface area (Å²) in [6, 6.07) is 6.22. The highest BCUT2D eigenvalue weighted by atomic mass is 16.5. The zero-order valence-electron chi connectivity index (χ0n) is 8.23. The summed E-state index contributed by atoms with van der Waals surface area (Å²) >= 11 is 0. The van der Waals surface area contributed by atoms with Crippen molar-refractivity contribution in [3.8, 4) is 6.07 Å². The maximum atomic E-state index is 11.4. The van der Waals surface area contributed by atoms with Crippen molar-refractivity contribution in [2.45, 2.75) is 13.0 Å². The molecule has 0 aliphatic heterocycles. The van der Waals surface area contributed by atoms with Gasteiger partial charge in [-0.1, -0.05) is 0 Å². The molecule has 5 nitrogen and oxygen atoms in total. The molecule has 78 valence electrons. The molecule has 0 amide bonds. The molecule has 0 saturated carbocycles. The number of hydrogen-bond donors (Lipinski definition) is 2. The van der Waals surface area contributed by atoms with Crippen molar-refractivity contribution in [1.82, 2.24) is 0 Å². The van der Waals surface area contributed by atoms with Crippen molar-refractivity contribution in [3.05, 3.63) is 23.8 Å². The average Bonchev–Trinajstić information content (AvgIpc) is 2.16. The topological polar surface area (TPSA) is 102 Å². The second kappa shape index (κ2) is 4.33. The molecule has 0 aliphatic carbocycles. The molecule has 1 unspecified atom stereocenters. The van der Waals surface area contributed by atoms with Crippen LogP contribution >= 0.6 is 0 Å². The number of ether oxygens (including phenoxy) is 1. The van der Waals surface area contributed by atoms with E-state index in [1.807, 2.05) is 0 Å². The number of carbonyl (C=O) groups excluding carboxylic acids is 1. The number of anilines is 2. The Balaban J connectivity index is 2.88. The Morgan fingerprint density at radius 3 is 2.40 bits per heavy atom. The van der Waals surface area contributed by atoms with Crippen LogP contribution < -0.4 is 11.5 Å². The lowest BCUT2D eigenvalue weighted by Crippen LogP contribution is -2.13. The van der Waals surface area contributed by atoms with Crippen molar-refractivity contribution < 1.29 is 9.53 Å². The first kappa shape index (κ1) is 10.9. The van der Waals surface area contributed by atoms with Crippen LogP contribution in [0.15, 0.2) is 18.2 Å². The summed E-state index contributed by atoms with van der Waals surface area (Å²) in [6.45, 7) is 1.48. The minimum atomic E-state index is -0.792. The number of rotatable bonds is 2. The number of nitrogens with zero attached hydrogens (tertiary/aromatic N) is 1. The molecule has 0 fully saturated rings. The molecule has 0 bridgehead atoms. The van der Waals surface area contributed by atoms with Crippen LogP contribution in [0.4, 0.5) is 11.4 Å². The molecule has 15 heavy (non-hydrogen) atoms. The van der Waals surface area contributed by atoms with Crippen LogP contribution in [0.5, 0.6) is 0 Å². The summed E-state index contributed by atoms with van der Waals surface area (Å²) in [6.07, 6.45) is -0.792. The smallest absolute Gasteiger partial charge is 0.339 e. The van der Waals surface area contributed by atoms with Gasteiger partial charge in [0.15, 0.2) is 6.10 Å². The number of carbonyl (C=O) groups is 1. The minimum Gasteiger partial charge on any atom is -0.444 e. The first-order valence-corrected chi connectivity index (χ1v) is 4.29. The third-order valence-corrected chi connectivity index (χ3v) is 1.68. The van der Waals surface area contributed by atoms with E-state index < -0.39 is 12.1 Å². The van der Waals surface area contributed by atoms with Gasteiger partial charge in [0.25, 0.3) is 0 Å². The second-order valence-corrected chi connectivity index (χ2v) is 3.06. The van der Waals surface area contributed by atoms with Crippen LogP contribution in [-0.2, 0) is 4.74 Å². The molecule has 5 heteroatoms. The van der Waals surface area contributed by atoms with E-state index in [9.17, 15) is 4.79 Å². The first-order valence-electron chi connectivity index (χ1n) is 4.29. The predicted octanol–water partition coefficient (Wildman–Crippen LogP) is 0.920. The summed E-state index contributed by atoms with van der Waals surface area (Å²) in [5, 5.41) is 8.46. The van der Waals surface area contributed by atoms with Crippen LogP contribution in [0.3, 0.4) is 0 Å². The third kappa shape index (κ3) is 2.88. The Hall–Kier alpha value is -2.22. The molecule has 0 aromatic heterocycles. The van der Waals surface area contributed by atoms with E-state index in [1.54, 1.807) is 6.07 Å². The molecular weight excluding hydrogens is 194 g/mol. The van der Waals surface area contributed by atoms with Crippen LogP contribution in [0.25, 0.3) is 0 Å². The number of hydrogen-bond acceptors (Lipinski definition) is 5. The molecule has 1 aromatic rings. The van der Waals surface area contributed by atoms with Gasteiger partial charge in [0.05, 0.1) is 5.56 Å². The zero-order chi connectivity index (χ0) is 11.4. The standard InChI is InChI=1S/C10H11N3O2/c1-6(5-11)15-10(14)7-2-8(12)4-9(13)3-7/h2-4,6H,12-13H2,1H3. The van der Waals surface area contributed by atoms with Crippen molar-refractivity contribution >= 4 is 17.3 Å². The van der Waals surface area contributed by atoms with Crippen molar-refractivity contribution in [2.24, 2.45) is 0 Å². The van der Waals surface area contributed by atoms with Gasteiger partial charge < -0.3 is 16.2 Å². The highest BCUT2D eigenvalue weighted by molar-refractivity contribution is 5.91. The fourth-order valence-corrected chi connectivity index (χ4v) is 1.05. The summed E-state index contributed by atoms with van der Waals surface area (Å²) in [5.74, 6) is -0.608. The van der Waals surface area contributed by atoms with E-state index in [0.717, 1.165) is 0 Å². The van der Waals surface area contributed by atoms with Crippen LogP contribution in [0.1, 0.15) is 17.3 Å². The van der Waals surface area contributed by atoms with Gasteiger partial charge in [0.2, 0.25) is 0 Å². The molecule has 0 aliphatic rings. The van der Waals surface area contributed by atoms with E-state index in [2.05, 4.69) is 0 Å². The molecule has 0 heterocycles. The van der Waals surface area contributed by atoms with E-state index in [4.69, 9.17) is 21.5 Å². The number of nitrogens with two attached hydrogens (primary N) is 2. The van der Waals surface area contributed by atoms with Gasteiger partial charge >= 0.3 is 5.97 Å². The van der Waals surface area contributed by atoms with E-state index in [1.165, 1.54) is 25.1 Å². The Bertz CT molecular complexity index is 403. The van der Waals surface area contributed by atoms with Gasteiger partial charge in [-0.05, 0) is 25.1 Å². The van der Waals surface area contributed by atoms with Crippen LogP contribution in [-0.4, -0.2) is 12.1 Å². The molecular formula is C10H11N3O2. The summed E-state index contributed by atoms with van der Waals surface area (Å²) < 4.78 is 4.78. The maximum absolute atomic E-state index is 11.4. The van der Waals surface area contributed by atoms with Gasteiger partial charge in [-0.2, -0.15) is 5.26 Å². The van der Waals surface area contributed by atoms with Crippen LogP contribution in [0.2, 0.25) is 0 Å². The van der Waals surface area contributed by atoms with Gasteiger partial charge in [-0.25, -0.2) is 4.79 Å². The summed E-state index contributed by atoms with van der Waals surface area (Å²) in [5.41, 5.74) is 12.0. The first-order chi connectivity index (χ1) is 7.02. The number of benzene rings is 1. The molecule has 0 saturated heterocycles. The van der Waals surface area contributed by atoms with Gasteiger partial charge in [0.1, 0.15) is 6.07 Å². The lowest BCUT2D eigenvalue weighted by atomic mass is 10.2. The van der Waals surface area contributed by atoms with Crippen molar-refractivity contribution in [3.63, 3.8) is 0 Å². The Morgan fingerprint density at radius 1 is 1.40 bits per heavy atom. The molecule has 4 N–H and O–H groups in total. The monoisotopic (exact) mass is 205 g/mol. The second-order valence-electron chi connectivity index (χ2n) is 3.06. The SMILES string of the molecule is CC(C#N)OC(=O)c1cc(N)cc(N)c1. The van der Waals surface area contributed by atoms with Crippen molar-refractivity contribution in [1.29, 1.82) is 5.26 Å². The highest BCUT2D eigenvalue weighted by Gasteiger charge is 2.12. The zero-order valence-corrected chi connectivity index (χ0v) is 8.23. The largest absolute Gasteiger partial charge is 0.444 e. The predicted molar refractivity (Wildman–Crippen MR) is 55.8 cm³/mol. The van der Waals surface area contributed by atoms with Crippen molar-refractivity contribution in [2.75, 3.05) is 11.5 Å². The maximum Gasteiger partial charge on any atom is 0.339 e. The fourth-order valence-electron chi connectivity index (χ4n) is 1.05. The normalized spacial score (nSPS) is 11.5. The molecule has 1 aromatic carbocycles. The molecule has 0 spiro atoms. The molecule has 1 atom stereocenters. The van der Waals surface area contributed by atoms with E-state index in [0.29, 0.717) is 11.4 Å². The molecule has 1 rings (SSSR count). The Morgan fingerprint density at radius 2 is 1.93 bits per heavy atom. The minimum absolute atomic E-state index is 0.245. The number of esters is 1. The lowest BCUT2D eigenvalue weighted by Gasteiger charge is -2.07. The number of nitrogen functional groups attached to an aromatic ring is 2. The fraction of sp³-hybridized carbons (Fsp3) is 0.200. The van der Waals surface area contributed by atoms with E-state index in [-0.39, 0.29) is 5.56 Å². The summed E-state index contributed by atoms with van der Waals surface area (Å²) in [7, 11) is 0. The summed E-state index contributed by atoms with van der Waals surface area (Å²) in [4.78, 5) is 11.4. The van der Waals surface area contributed by atoms with Gasteiger partial charge in [-0.15, -0.1) is 0 Å².